The first kappa shape index (κ1) is 16.1. The molecule has 22 heavy (non-hydrogen) atoms. The summed E-state index contributed by atoms with van der Waals surface area (Å²) in [7, 11) is -9.94. The molecule has 0 saturated heterocycles. The lowest BCUT2D eigenvalue weighted by molar-refractivity contribution is 0.102. The number of halogens is 5. The molecule has 1 amide bonds. The average molecular weight is 339 g/mol. The molecule has 0 aliphatic heterocycles. The van der Waals surface area contributed by atoms with E-state index in [1.54, 1.807) is 5.32 Å². The molecule has 0 saturated carbocycles. The van der Waals surface area contributed by atoms with Crippen LogP contribution in [0, 0.1) is 0 Å². The molecule has 2 N–H and O–H groups in total. The number of amides is 1. The zero-order valence-electron chi connectivity index (χ0n) is 10.8. The third-order valence-corrected chi connectivity index (χ3v) is 3.85. The number of carbonyl (C=O) groups is 1. The Labute approximate surface area is 122 Å². The maximum Gasteiger partial charge on any atom is 0.312 e. The maximum atomic E-state index is 12.9. The van der Waals surface area contributed by atoms with Crippen molar-refractivity contribution in [3.8, 4) is 5.75 Å². The van der Waals surface area contributed by atoms with Crippen LogP contribution in [0.5, 0.6) is 5.75 Å². The van der Waals surface area contributed by atoms with Crippen molar-refractivity contribution >= 4 is 21.8 Å². The lowest BCUT2D eigenvalue weighted by Crippen LogP contribution is -2.16. The summed E-state index contributed by atoms with van der Waals surface area (Å²) < 4.78 is 64.7. The zero-order valence-corrected chi connectivity index (χ0v) is 11.6. The van der Waals surface area contributed by atoms with Crippen molar-refractivity contribution in [2.24, 2.45) is 0 Å². The first-order valence-electron chi connectivity index (χ1n) is 5.80. The van der Waals surface area contributed by atoms with Crippen LogP contribution >= 0.6 is 10.2 Å². The van der Waals surface area contributed by atoms with Crippen LogP contribution in [-0.4, -0.2) is 11.0 Å². The normalized spacial score (nSPS) is 14.8. The third-order valence-electron chi connectivity index (χ3n) is 2.66. The summed E-state index contributed by atoms with van der Waals surface area (Å²) in [6.07, 6.45) is 0. The van der Waals surface area contributed by atoms with Gasteiger partial charge >= 0.3 is 10.2 Å². The van der Waals surface area contributed by atoms with E-state index >= 15 is 0 Å². The molecule has 0 radical (unpaired) electrons. The summed E-state index contributed by atoms with van der Waals surface area (Å²) in [6, 6.07) is 7.59. The smallest absolute Gasteiger partial charge is 0.312 e. The van der Waals surface area contributed by atoms with E-state index in [0.717, 1.165) is 24.3 Å². The van der Waals surface area contributed by atoms with E-state index in [0.29, 0.717) is 0 Å². The third kappa shape index (κ3) is 3.67. The van der Waals surface area contributed by atoms with Gasteiger partial charge in [-0.3, -0.25) is 4.79 Å². The van der Waals surface area contributed by atoms with Crippen molar-refractivity contribution in [3.63, 3.8) is 0 Å². The van der Waals surface area contributed by atoms with Crippen LogP contribution < -0.4 is 5.32 Å². The molecule has 3 nitrogen and oxygen atoms in total. The van der Waals surface area contributed by atoms with Gasteiger partial charge in [0, 0.05) is 5.56 Å². The van der Waals surface area contributed by atoms with E-state index < -0.39 is 26.7 Å². The van der Waals surface area contributed by atoms with Crippen molar-refractivity contribution in [2.45, 2.75) is 4.90 Å². The molecule has 120 valence electrons. The second-order valence-corrected chi connectivity index (χ2v) is 6.85. The number of carbonyl (C=O) groups excluding carboxylic acids is 1. The van der Waals surface area contributed by atoms with Gasteiger partial charge in [-0.1, -0.05) is 37.6 Å². The van der Waals surface area contributed by atoms with E-state index in [9.17, 15) is 29.3 Å². The van der Waals surface area contributed by atoms with E-state index in [-0.39, 0.29) is 17.4 Å². The van der Waals surface area contributed by atoms with Gasteiger partial charge in [0.1, 0.15) is 10.6 Å². The Morgan fingerprint density at radius 1 is 0.955 bits per heavy atom. The number of nitrogens with one attached hydrogen (secondary N) is 1. The van der Waals surface area contributed by atoms with Crippen LogP contribution in [0.3, 0.4) is 0 Å². The van der Waals surface area contributed by atoms with Gasteiger partial charge in [-0.25, -0.2) is 0 Å². The number of anilines is 1. The monoisotopic (exact) mass is 339 g/mol. The lowest BCUT2D eigenvalue weighted by Gasteiger charge is -2.41. The molecule has 0 spiro atoms. The molecule has 0 atom stereocenters. The number of hydrogen-bond donors (Lipinski definition) is 2. The quantitative estimate of drug-likeness (QED) is 0.745. The van der Waals surface area contributed by atoms with Gasteiger partial charge in [0.2, 0.25) is 0 Å². The molecule has 2 aromatic rings. The second-order valence-electron chi connectivity index (χ2n) is 4.47. The molecule has 0 unspecified atom stereocenters. The van der Waals surface area contributed by atoms with Gasteiger partial charge in [-0.15, -0.1) is 0 Å². The predicted molar refractivity (Wildman–Crippen MR) is 73.9 cm³/mol. The van der Waals surface area contributed by atoms with E-state index in [1.807, 2.05) is 0 Å². The molecule has 2 rings (SSSR count). The summed E-state index contributed by atoms with van der Waals surface area (Å²) >= 11 is 0. The van der Waals surface area contributed by atoms with Gasteiger partial charge < -0.3 is 10.4 Å². The highest BCUT2D eigenvalue weighted by atomic mass is 32.5. The molecule has 9 heteroatoms. The minimum Gasteiger partial charge on any atom is -0.508 e. The number of para-hydroxylation sites is 1. The van der Waals surface area contributed by atoms with Crippen molar-refractivity contribution in [1.29, 1.82) is 0 Å². The number of aromatic hydroxyl groups is 1. The SMILES string of the molecule is O=C(Nc1ccccc1S(F)(F)(F)(F)F)c1cccc(O)c1. The van der Waals surface area contributed by atoms with Gasteiger partial charge in [0.05, 0.1) is 5.69 Å². The Morgan fingerprint density at radius 3 is 2.18 bits per heavy atom. The fourth-order valence-electron chi connectivity index (χ4n) is 1.75. The van der Waals surface area contributed by atoms with Gasteiger partial charge in [0.15, 0.2) is 0 Å². The minimum absolute atomic E-state index is 0.169. The summed E-state index contributed by atoms with van der Waals surface area (Å²) in [5.74, 6) is -1.33. The number of hydrogen-bond acceptors (Lipinski definition) is 2. The van der Waals surface area contributed by atoms with Crippen LogP contribution in [0.2, 0.25) is 0 Å². The minimum atomic E-state index is -9.94. The summed E-state index contributed by atoms with van der Waals surface area (Å²) in [5, 5.41) is 11.0. The van der Waals surface area contributed by atoms with E-state index in [2.05, 4.69) is 0 Å². The maximum absolute atomic E-state index is 12.9. The standard InChI is InChI=1S/C13H10F5NO2S/c14-22(15,16,17,18)12-7-2-1-6-11(12)19-13(21)9-4-3-5-10(20)8-9/h1-8,20H,(H,19,21). The van der Waals surface area contributed by atoms with Crippen molar-refractivity contribution in [3.05, 3.63) is 54.1 Å². The van der Waals surface area contributed by atoms with E-state index in [4.69, 9.17) is 0 Å². The molecule has 0 bridgehead atoms. The largest absolute Gasteiger partial charge is 0.508 e. The highest BCUT2D eigenvalue weighted by Crippen LogP contribution is 3.02. The summed E-state index contributed by atoms with van der Waals surface area (Å²) in [5.41, 5.74) is -1.22. The second kappa shape index (κ2) is 4.35. The van der Waals surface area contributed by atoms with E-state index in [1.165, 1.54) is 18.2 Å². The fraction of sp³-hybridized carbons (Fsp3) is 0. The Bertz CT molecular complexity index is 746. The number of rotatable bonds is 3. The van der Waals surface area contributed by atoms with Crippen molar-refractivity contribution in [1.82, 2.24) is 0 Å². The topological polar surface area (TPSA) is 49.3 Å². The first-order valence-corrected chi connectivity index (χ1v) is 7.75. The molecule has 0 heterocycles. The highest BCUT2D eigenvalue weighted by Gasteiger charge is 2.66. The molecule has 0 aliphatic rings. The van der Waals surface area contributed by atoms with Crippen molar-refractivity contribution in [2.75, 3.05) is 5.32 Å². The highest BCUT2D eigenvalue weighted by molar-refractivity contribution is 8.45. The van der Waals surface area contributed by atoms with Crippen LogP contribution in [-0.2, 0) is 0 Å². The number of benzene rings is 2. The van der Waals surface area contributed by atoms with Crippen molar-refractivity contribution < 1.29 is 29.3 Å². The zero-order chi connectivity index (χ0) is 16.7. The van der Waals surface area contributed by atoms with Crippen LogP contribution in [0.1, 0.15) is 10.4 Å². The Morgan fingerprint density at radius 2 is 1.59 bits per heavy atom. The Kier molecular flexibility index (Phi) is 3.18. The molecule has 0 aromatic heterocycles. The van der Waals surface area contributed by atoms with Crippen LogP contribution in [0.4, 0.5) is 25.1 Å². The molecular weight excluding hydrogens is 329 g/mol. The fourth-order valence-corrected chi connectivity index (χ4v) is 2.62. The van der Waals surface area contributed by atoms with Gasteiger partial charge in [-0.05, 0) is 30.3 Å². The summed E-state index contributed by atoms with van der Waals surface area (Å²) in [4.78, 5) is 9.66. The predicted octanol–water partition coefficient (Wildman–Crippen LogP) is 5.30. The van der Waals surface area contributed by atoms with Gasteiger partial charge in [-0.2, -0.15) is 0 Å². The molecular formula is C13H10F5NO2S. The average Bonchev–Trinajstić information content (AvgIpc) is 2.36. The molecule has 0 aliphatic carbocycles. The summed E-state index contributed by atoms with van der Waals surface area (Å²) in [6.45, 7) is 0. The van der Waals surface area contributed by atoms with Crippen LogP contribution in [0.25, 0.3) is 0 Å². The van der Waals surface area contributed by atoms with Crippen LogP contribution in [0.15, 0.2) is 53.4 Å². The molecule has 2 aromatic carbocycles. The Balaban J connectivity index is 2.43. The number of phenols is 1. The lowest BCUT2D eigenvalue weighted by atomic mass is 10.2. The van der Waals surface area contributed by atoms with Gasteiger partial charge in [0.25, 0.3) is 5.91 Å². The first-order chi connectivity index (χ1) is 9.86. The molecule has 0 fully saturated rings. The Hall–Kier alpha value is -2.29. The number of phenolic OH excluding ortho intramolecular Hbond substituents is 1.